The van der Waals surface area contributed by atoms with Crippen LogP contribution in [0.1, 0.15) is 16.7 Å². The van der Waals surface area contributed by atoms with E-state index in [1.54, 1.807) is 24.3 Å². The molecule has 33 heavy (non-hydrogen) atoms. The monoisotopic (exact) mass is 503 g/mol. The lowest BCUT2D eigenvalue weighted by Gasteiger charge is -2.10. The van der Waals surface area contributed by atoms with Crippen molar-refractivity contribution in [3.8, 4) is 11.8 Å². The van der Waals surface area contributed by atoms with E-state index in [4.69, 9.17) is 4.74 Å². The van der Waals surface area contributed by atoms with Gasteiger partial charge in [0.15, 0.2) is 6.61 Å². The molecule has 0 heterocycles. The molecular weight excluding hydrogens is 482 g/mol. The summed E-state index contributed by atoms with van der Waals surface area (Å²) < 4.78 is 6.19. The standard InChI is InChI=1S/C26H22BrN3O3/c1-17-6-9-21(10-7-17)29-25(31)16-33-24-11-8-19(14-23(24)27)13-20(15-28)26(32)30-22-5-3-4-18(2)12-22/h3-14H,16H2,1-2H3,(H,29,31)(H,30,32)/b20-13+. The molecule has 6 nitrogen and oxygen atoms in total. The minimum absolute atomic E-state index is 0.0328. The number of nitrogens with zero attached hydrogens (tertiary/aromatic N) is 1. The lowest BCUT2D eigenvalue weighted by molar-refractivity contribution is -0.118. The molecule has 0 unspecified atom stereocenters. The molecule has 2 amide bonds. The van der Waals surface area contributed by atoms with E-state index in [1.807, 2.05) is 62.4 Å². The van der Waals surface area contributed by atoms with Crippen LogP contribution in [0.3, 0.4) is 0 Å². The second-order valence-electron chi connectivity index (χ2n) is 7.39. The maximum Gasteiger partial charge on any atom is 0.266 e. The lowest BCUT2D eigenvalue weighted by Crippen LogP contribution is -2.20. The van der Waals surface area contributed by atoms with Crippen molar-refractivity contribution in [3.05, 3.63) is 93.5 Å². The molecule has 0 saturated carbocycles. The Morgan fingerprint density at radius 2 is 1.73 bits per heavy atom. The summed E-state index contributed by atoms with van der Waals surface area (Å²) in [6.07, 6.45) is 1.49. The fourth-order valence-corrected chi connectivity index (χ4v) is 3.45. The van der Waals surface area contributed by atoms with Crippen LogP contribution in [0, 0.1) is 25.2 Å². The number of anilines is 2. The molecule has 3 aromatic rings. The lowest BCUT2D eigenvalue weighted by atomic mass is 10.1. The van der Waals surface area contributed by atoms with Crippen molar-refractivity contribution in [3.63, 3.8) is 0 Å². The highest BCUT2D eigenvalue weighted by Crippen LogP contribution is 2.27. The van der Waals surface area contributed by atoms with Crippen LogP contribution in [0.4, 0.5) is 11.4 Å². The van der Waals surface area contributed by atoms with Crippen molar-refractivity contribution in [2.45, 2.75) is 13.8 Å². The molecule has 0 aromatic heterocycles. The molecule has 2 N–H and O–H groups in total. The highest BCUT2D eigenvalue weighted by Gasteiger charge is 2.11. The predicted molar refractivity (Wildman–Crippen MR) is 133 cm³/mol. The zero-order valence-electron chi connectivity index (χ0n) is 18.2. The molecule has 0 radical (unpaired) electrons. The molecule has 0 spiro atoms. The highest BCUT2D eigenvalue weighted by atomic mass is 79.9. The van der Waals surface area contributed by atoms with E-state index in [1.165, 1.54) is 6.08 Å². The minimum Gasteiger partial charge on any atom is -0.483 e. The molecule has 0 fully saturated rings. The Hall–Kier alpha value is -3.89. The Labute approximate surface area is 201 Å². The van der Waals surface area contributed by atoms with E-state index in [0.29, 0.717) is 27.2 Å². The number of rotatable bonds is 7. The number of ether oxygens (including phenoxy) is 1. The van der Waals surface area contributed by atoms with E-state index >= 15 is 0 Å². The molecule has 0 saturated heterocycles. The number of halogens is 1. The van der Waals surface area contributed by atoms with Crippen molar-refractivity contribution in [1.29, 1.82) is 5.26 Å². The van der Waals surface area contributed by atoms with Gasteiger partial charge >= 0.3 is 0 Å². The maximum atomic E-state index is 12.5. The van der Waals surface area contributed by atoms with E-state index in [9.17, 15) is 14.9 Å². The van der Waals surface area contributed by atoms with E-state index in [2.05, 4.69) is 26.6 Å². The van der Waals surface area contributed by atoms with Crippen LogP contribution in [0.15, 0.2) is 76.8 Å². The normalized spacial score (nSPS) is 10.8. The van der Waals surface area contributed by atoms with Gasteiger partial charge in [0.25, 0.3) is 11.8 Å². The van der Waals surface area contributed by atoms with Crippen LogP contribution >= 0.6 is 15.9 Å². The fourth-order valence-electron chi connectivity index (χ4n) is 2.94. The first kappa shape index (κ1) is 23.8. The van der Waals surface area contributed by atoms with Gasteiger partial charge in [-0.3, -0.25) is 9.59 Å². The number of benzene rings is 3. The van der Waals surface area contributed by atoms with Gasteiger partial charge in [0.1, 0.15) is 17.4 Å². The van der Waals surface area contributed by atoms with E-state index < -0.39 is 5.91 Å². The van der Waals surface area contributed by atoms with Crippen LogP contribution in [0.5, 0.6) is 5.75 Å². The van der Waals surface area contributed by atoms with Crippen LogP contribution in [-0.4, -0.2) is 18.4 Å². The van der Waals surface area contributed by atoms with Crippen LogP contribution in [-0.2, 0) is 9.59 Å². The zero-order valence-corrected chi connectivity index (χ0v) is 19.8. The van der Waals surface area contributed by atoms with Crippen molar-refractivity contribution in [2.24, 2.45) is 0 Å². The molecule has 3 aromatic carbocycles. The van der Waals surface area contributed by atoms with Gasteiger partial charge < -0.3 is 15.4 Å². The van der Waals surface area contributed by atoms with Crippen LogP contribution < -0.4 is 15.4 Å². The third kappa shape index (κ3) is 7.06. The summed E-state index contributed by atoms with van der Waals surface area (Å²) in [5, 5.41) is 14.9. The van der Waals surface area contributed by atoms with Crippen molar-refractivity contribution in [1.82, 2.24) is 0 Å². The average molecular weight is 504 g/mol. The second-order valence-corrected chi connectivity index (χ2v) is 8.24. The molecule has 166 valence electrons. The number of hydrogen-bond donors (Lipinski definition) is 2. The Bertz CT molecular complexity index is 1240. The van der Waals surface area contributed by atoms with Crippen molar-refractivity contribution < 1.29 is 14.3 Å². The minimum atomic E-state index is -0.493. The summed E-state index contributed by atoms with van der Waals surface area (Å²) in [6, 6.07) is 21.8. The van der Waals surface area contributed by atoms with Gasteiger partial charge in [0.2, 0.25) is 0 Å². The molecule has 0 atom stereocenters. The zero-order chi connectivity index (χ0) is 23.8. The third-order valence-electron chi connectivity index (χ3n) is 4.60. The van der Waals surface area contributed by atoms with Gasteiger partial charge in [0, 0.05) is 11.4 Å². The Balaban J connectivity index is 1.63. The third-order valence-corrected chi connectivity index (χ3v) is 5.22. The number of nitrogens with one attached hydrogen (secondary N) is 2. The Morgan fingerprint density at radius 1 is 0.970 bits per heavy atom. The number of nitriles is 1. The van der Waals surface area contributed by atoms with E-state index in [-0.39, 0.29) is 18.1 Å². The van der Waals surface area contributed by atoms with Gasteiger partial charge in [-0.2, -0.15) is 5.26 Å². The van der Waals surface area contributed by atoms with Crippen molar-refractivity contribution >= 4 is 45.2 Å². The second kappa shape index (κ2) is 11.1. The van der Waals surface area contributed by atoms with Gasteiger partial charge in [-0.25, -0.2) is 0 Å². The summed E-state index contributed by atoms with van der Waals surface area (Å²) >= 11 is 3.41. The topological polar surface area (TPSA) is 91.2 Å². The molecule has 0 aliphatic carbocycles. The first-order valence-electron chi connectivity index (χ1n) is 10.1. The summed E-state index contributed by atoms with van der Waals surface area (Å²) in [5.41, 5.74) is 4.03. The Kier molecular flexibility index (Phi) is 8.01. The quantitative estimate of drug-likeness (QED) is 0.322. The summed E-state index contributed by atoms with van der Waals surface area (Å²) in [6.45, 7) is 3.73. The number of hydrogen-bond acceptors (Lipinski definition) is 4. The smallest absolute Gasteiger partial charge is 0.266 e. The fraction of sp³-hybridized carbons (Fsp3) is 0.115. The predicted octanol–water partition coefficient (Wildman–Crippen LogP) is 5.63. The molecule has 0 bridgehead atoms. The molecule has 0 aliphatic rings. The number of amides is 2. The molecule has 7 heteroatoms. The van der Waals surface area contributed by atoms with Crippen LogP contribution in [0.2, 0.25) is 0 Å². The number of carbonyl (C=O) groups is 2. The Morgan fingerprint density at radius 3 is 2.39 bits per heavy atom. The first-order valence-corrected chi connectivity index (χ1v) is 10.9. The number of aryl methyl sites for hydroxylation is 2. The summed E-state index contributed by atoms with van der Waals surface area (Å²) in [5.74, 6) is -0.310. The van der Waals surface area contributed by atoms with Crippen molar-refractivity contribution in [2.75, 3.05) is 17.2 Å². The first-order chi connectivity index (χ1) is 15.8. The van der Waals surface area contributed by atoms with Gasteiger partial charge in [-0.1, -0.05) is 35.9 Å². The molecular formula is C26H22BrN3O3. The summed E-state index contributed by atoms with van der Waals surface area (Å²) in [4.78, 5) is 24.6. The largest absolute Gasteiger partial charge is 0.483 e. The SMILES string of the molecule is Cc1ccc(NC(=O)COc2ccc(/C=C(\C#N)C(=O)Nc3cccc(C)c3)cc2Br)cc1. The maximum absolute atomic E-state index is 12.5. The van der Waals surface area contributed by atoms with Gasteiger partial charge in [0.05, 0.1) is 4.47 Å². The van der Waals surface area contributed by atoms with E-state index in [0.717, 1.165) is 11.1 Å². The van der Waals surface area contributed by atoms with Crippen LogP contribution in [0.25, 0.3) is 6.08 Å². The molecule has 0 aliphatic heterocycles. The summed E-state index contributed by atoms with van der Waals surface area (Å²) in [7, 11) is 0. The van der Waals surface area contributed by atoms with Gasteiger partial charge in [-0.05, 0) is 83.4 Å². The van der Waals surface area contributed by atoms with Gasteiger partial charge in [-0.15, -0.1) is 0 Å². The average Bonchev–Trinajstić information content (AvgIpc) is 2.78. The number of carbonyl (C=O) groups excluding carboxylic acids is 2. The highest BCUT2D eigenvalue weighted by molar-refractivity contribution is 9.10. The molecule has 3 rings (SSSR count).